The monoisotopic (exact) mass is 555 g/mol. The van der Waals surface area contributed by atoms with Crippen molar-refractivity contribution in [3.63, 3.8) is 0 Å². The summed E-state index contributed by atoms with van der Waals surface area (Å²) >= 11 is 0. The predicted molar refractivity (Wildman–Crippen MR) is 139 cm³/mol. The van der Waals surface area contributed by atoms with E-state index >= 15 is 0 Å². The van der Waals surface area contributed by atoms with Crippen LogP contribution in [0.2, 0.25) is 0 Å². The molecular formula is C23H34IN5O3. The van der Waals surface area contributed by atoms with Crippen molar-refractivity contribution in [1.82, 2.24) is 15.6 Å². The van der Waals surface area contributed by atoms with Gasteiger partial charge in [-0.25, -0.2) is 4.98 Å². The van der Waals surface area contributed by atoms with Gasteiger partial charge in [-0.1, -0.05) is 12.1 Å². The van der Waals surface area contributed by atoms with Crippen LogP contribution >= 0.6 is 24.0 Å². The molecule has 0 aliphatic heterocycles. The zero-order valence-corrected chi connectivity index (χ0v) is 21.6. The normalized spacial score (nSPS) is 10.7. The lowest BCUT2D eigenvalue weighted by molar-refractivity contribution is -0.116. The van der Waals surface area contributed by atoms with Crippen LogP contribution in [-0.2, 0) is 11.2 Å². The lowest BCUT2D eigenvalue weighted by Crippen LogP contribution is -2.39. The number of carbonyl (C=O) groups is 1. The Kier molecular flexibility index (Phi) is 13.1. The minimum absolute atomic E-state index is 0. The van der Waals surface area contributed by atoms with Crippen LogP contribution in [0, 0.1) is 6.92 Å². The van der Waals surface area contributed by atoms with Gasteiger partial charge >= 0.3 is 0 Å². The molecular weight excluding hydrogens is 521 g/mol. The first kappa shape index (κ1) is 27.5. The Bertz CT molecular complexity index is 859. The van der Waals surface area contributed by atoms with E-state index in [0.717, 1.165) is 29.0 Å². The van der Waals surface area contributed by atoms with Crippen LogP contribution < -0.4 is 25.4 Å². The van der Waals surface area contributed by atoms with E-state index in [1.807, 2.05) is 45.0 Å². The minimum Gasteiger partial charge on any atom is -0.490 e. The summed E-state index contributed by atoms with van der Waals surface area (Å²) in [6.07, 6.45) is 2.83. The molecule has 0 atom stereocenters. The number of aromatic nitrogens is 1. The summed E-state index contributed by atoms with van der Waals surface area (Å²) in [6.45, 7) is 8.21. The highest BCUT2D eigenvalue weighted by Gasteiger charge is 2.07. The quantitative estimate of drug-likeness (QED) is 0.223. The molecule has 2 aromatic rings. The molecule has 0 unspecified atom stereocenters. The number of nitrogens with one attached hydrogen (secondary N) is 3. The second kappa shape index (κ2) is 15.3. The summed E-state index contributed by atoms with van der Waals surface area (Å²) in [5.74, 6) is 2.63. The van der Waals surface area contributed by atoms with Gasteiger partial charge in [-0.05, 0) is 56.5 Å². The third-order valence-electron chi connectivity index (χ3n) is 4.36. The molecule has 0 aliphatic rings. The number of carbonyl (C=O) groups excluding carboxylic acids is 1. The van der Waals surface area contributed by atoms with Crippen molar-refractivity contribution in [3.8, 4) is 11.5 Å². The molecule has 0 radical (unpaired) electrons. The van der Waals surface area contributed by atoms with E-state index in [1.54, 1.807) is 19.3 Å². The van der Waals surface area contributed by atoms with Crippen LogP contribution in [0.4, 0.5) is 5.82 Å². The number of aryl methyl sites for hydroxylation is 1. The van der Waals surface area contributed by atoms with Gasteiger partial charge in [0, 0.05) is 32.8 Å². The number of anilines is 1. The van der Waals surface area contributed by atoms with Crippen LogP contribution in [-0.4, -0.2) is 50.2 Å². The third kappa shape index (κ3) is 9.71. The van der Waals surface area contributed by atoms with Gasteiger partial charge in [0.1, 0.15) is 5.82 Å². The fraction of sp³-hybridized carbons (Fsp3) is 0.435. The zero-order chi connectivity index (χ0) is 22.5. The molecule has 0 saturated heterocycles. The van der Waals surface area contributed by atoms with E-state index in [0.29, 0.717) is 44.5 Å². The number of guanidine groups is 1. The Morgan fingerprint density at radius 1 is 1.03 bits per heavy atom. The first-order valence-corrected chi connectivity index (χ1v) is 10.6. The zero-order valence-electron chi connectivity index (χ0n) is 19.2. The van der Waals surface area contributed by atoms with E-state index in [9.17, 15) is 4.79 Å². The fourth-order valence-electron chi connectivity index (χ4n) is 2.84. The molecule has 0 fully saturated rings. The van der Waals surface area contributed by atoms with Gasteiger partial charge in [0.05, 0.1) is 13.2 Å². The van der Waals surface area contributed by atoms with Gasteiger partial charge in [-0.15, -0.1) is 24.0 Å². The van der Waals surface area contributed by atoms with Gasteiger partial charge in [0.15, 0.2) is 17.5 Å². The molecule has 1 aromatic carbocycles. The number of rotatable bonds is 11. The smallest absolute Gasteiger partial charge is 0.227 e. The van der Waals surface area contributed by atoms with Gasteiger partial charge in [-0.2, -0.15) is 0 Å². The molecule has 8 nitrogen and oxygen atoms in total. The Morgan fingerprint density at radius 2 is 1.75 bits per heavy atom. The van der Waals surface area contributed by atoms with Gasteiger partial charge < -0.3 is 25.4 Å². The van der Waals surface area contributed by atoms with Crippen molar-refractivity contribution in [2.24, 2.45) is 4.99 Å². The predicted octanol–water partition coefficient (Wildman–Crippen LogP) is 3.54. The van der Waals surface area contributed by atoms with Crippen molar-refractivity contribution < 1.29 is 14.3 Å². The maximum absolute atomic E-state index is 12.1. The number of amides is 1. The topological polar surface area (TPSA) is 96.9 Å². The number of hydrogen-bond donors (Lipinski definition) is 3. The molecule has 1 amide bonds. The summed E-state index contributed by atoms with van der Waals surface area (Å²) in [7, 11) is 1.70. The summed E-state index contributed by atoms with van der Waals surface area (Å²) in [5, 5.41) is 9.20. The van der Waals surface area contributed by atoms with Gasteiger partial charge in [0.25, 0.3) is 0 Å². The maximum Gasteiger partial charge on any atom is 0.227 e. The summed E-state index contributed by atoms with van der Waals surface area (Å²) in [5.41, 5.74) is 2.19. The van der Waals surface area contributed by atoms with Gasteiger partial charge in [-0.3, -0.25) is 9.79 Å². The molecule has 1 aromatic heterocycles. The Morgan fingerprint density at radius 3 is 2.41 bits per heavy atom. The molecule has 2 rings (SSSR count). The van der Waals surface area contributed by atoms with E-state index in [4.69, 9.17) is 9.47 Å². The average molecular weight is 555 g/mol. The SMILES string of the molecule is CCOc1ccc(CCNC(=NC)NCCC(=O)Nc2ccc(C)cn2)cc1OCC.I. The molecule has 176 valence electrons. The van der Waals surface area contributed by atoms with E-state index < -0.39 is 0 Å². The molecule has 0 bridgehead atoms. The van der Waals surface area contributed by atoms with E-state index in [-0.39, 0.29) is 29.9 Å². The van der Waals surface area contributed by atoms with Crippen LogP contribution in [0.1, 0.15) is 31.4 Å². The van der Waals surface area contributed by atoms with Crippen molar-refractivity contribution in [1.29, 1.82) is 0 Å². The van der Waals surface area contributed by atoms with E-state index in [1.165, 1.54) is 0 Å². The summed E-state index contributed by atoms with van der Waals surface area (Å²) in [6, 6.07) is 9.69. The summed E-state index contributed by atoms with van der Waals surface area (Å²) in [4.78, 5) is 20.4. The maximum atomic E-state index is 12.1. The first-order valence-electron chi connectivity index (χ1n) is 10.6. The average Bonchev–Trinajstić information content (AvgIpc) is 2.76. The standard InChI is InChI=1S/C23H33N5O3.HI/c1-5-30-19-9-8-18(15-20(19)31-6-2)11-13-25-23(24-4)26-14-12-22(29)28-21-10-7-17(3)16-27-21;/h7-10,15-16H,5-6,11-14H2,1-4H3,(H2,24,25,26)(H,27,28,29);1H. The Labute approximate surface area is 207 Å². The fourth-order valence-corrected chi connectivity index (χ4v) is 2.84. The van der Waals surface area contributed by atoms with Crippen molar-refractivity contribution in [3.05, 3.63) is 47.7 Å². The van der Waals surface area contributed by atoms with Crippen LogP contribution in [0.25, 0.3) is 0 Å². The molecule has 32 heavy (non-hydrogen) atoms. The number of ether oxygens (including phenoxy) is 2. The molecule has 9 heteroatoms. The molecule has 3 N–H and O–H groups in total. The summed E-state index contributed by atoms with van der Waals surface area (Å²) < 4.78 is 11.3. The largest absolute Gasteiger partial charge is 0.490 e. The number of nitrogens with zero attached hydrogens (tertiary/aromatic N) is 2. The van der Waals surface area contributed by atoms with Crippen LogP contribution in [0.5, 0.6) is 11.5 Å². The number of hydrogen-bond acceptors (Lipinski definition) is 5. The lowest BCUT2D eigenvalue weighted by atomic mass is 10.1. The van der Waals surface area contributed by atoms with Crippen LogP contribution in [0.3, 0.4) is 0 Å². The van der Waals surface area contributed by atoms with Crippen molar-refractivity contribution in [2.45, 2.75) is 33.6 Å². The number of aliphatic imine (C=N–C) groups is 1. The van der Waals surface area contributed by atoms with Gasteiger partial charge in [0.2, 0.25) is 5.91 Å². The number of benzene rings is 1. The number of pyridine rings is 1. The lowest BCUT2D eigenvalue weighted by Gasteiger charge is -2.14. The highest BCUT2D eigenvalue weighted by Crippen LogP contribution is 2.28. The van der Waals surface area contributed by atoms with Crippen LogP contribution in [0.15, 0.2) is 41.5 Å². The molecule has 0 spiro atoms. The Hall–Kier alpha value is -2.56. The van der Waals surface area contributed by atoms with E-state index in [2.05, 4.69) is 25.9 Å². The third-order valence-corrected chi connectivity index (χ3v) is 4.36. The number of halogens is 1. The first-order chi connectivity index (χ1) is 15.0. The molecule has 0 aliphatic carbocycles. The van der Waals surface area contributed by atoms with Crippen molar-refractivity contribution >= 4 is 41.7 Å². The highest BCUT2D eigenvalue weighted by molar-refractivity contribution is 14.0. The molecule has 1 heterocycles. The Balaban J connectivity index is 0.00000512. The highest BCUT2D eigenvalue weighted by atomic mass is 127. The second-order valence-corrected chi connectivity index (χ2v) is 6.84. The second-order valence-electron chi connectivity index (χ2n) is 6.84. The molecule has 0 saturated carbocycles. The minimum atomic E-state index is -0.0999. The van der Waals surface area contributed by atoms with Crippen molar-refractivity contribution in [2.75, 3.05) is 38.7 Å².